The Morgan fingerprint density at radius 1 is 1.15 bits per heavy atom. The molecule has 2 heterocycles. The third-order valence-corrected chi connectivity index (χ3v) is 4.47. The Labute approximate surface area is 155 Å². The zero-order valence-electron chi connectivity index (χ0n) is 16.1. The average molecular weight is 356 g/mol. The first-order chi connectivity index (χ1) is 12.6. The van der Waals surface area contributed by atoms with Gasteiger partial charge < -0.3 is 20.1 Å². The van der Waals surface area contributed by atoms with E-state index in [9.17, 15) is 0 Å². The van der Waals surface area contributed by atoms with Crippen molar-refractivity contribution in [3.63, 3.8) is 0 Å². The number of nitrogens with zero attached hydrogens (tertiary/aromatic N) is 2. The van der Waals surface area contributed by atoms with Crippen LogP contribution in [0.2, 0.25) is 0 Å². The summed E-state index contributed by atoms with van der Waals surface area (Å²) >= 11 is 0. The average Bonchev–Trinajstić information content (AvgIpc) is 2.63. The minimum atomic E-state index is 0.0955. The van der Waals surface area contributed by atoms with Gasteiger partial charge >= 0.3 is 0 Å². The van der Waals surface area contributed by atoms with E-state index in [0.29, 0.717) is 13.2 Å². The molecular weight excluding hydrogens is 328 g/mol. The molecule has 2 aromatic rings. The number of aryl methyl sites for hydroxylation is 1. The number of aromatic nitrogens is 2. The fraction of sp³-hybridized carbons (Fsp3) is 0.500. The van der Waals surface area contributed by atoms with Crippen molar-refractivity contribution in [3.8, 4) is 11.5 Å². The van der Waals surface area contributed by atoms with Gasteiger partial charge in [-0.15, -0.1) is 0 Å². The second-order valence-electron chi connectivity index (χ2n) is 6.41. The summed E-state index contributed by atoms with van der Waals surface area (Å²) in [5.74, 6) is 3.30. The highest BCUT2D eigenvalue weighted by atomic mass is 16.5. The van der Waals surface area contributed by atoms with Crippen LogP contribution in [0.3, 0.4) is 0 Å². The molecule has 140 valence electrons. The smallest absolute Gasteiger partial charge is 0.161 e. The van der Waals surface area contributed by atoms with E-state index >= 15 is 0 Å². The summed E-state index contributed by atoms with van der Waals surface area (Å²) in [5.41, 5.74) is 3.45. The van der Waals surface area contributed by atoms with Gasteiger partial charge in [0, 0.05) is 12.1 Å². The fourth-order valence-electron chi connectivity index (χ4n) is 3.23. The highest BCUT2D eigenvalue weighted by molar-refractivity contribution is 5.51. The second-order valence-corrected chi connectivity index (χ2v) is 6.41. The molecule has 2 N–H and O–H groups in total. The van der Waals surface area contributed by atoms with Crippen molar-refractivity contribution in [2.45, 2.75) is 46.7 Å². The van der Waals surface area contributed by atoms with E-state index in [-0.39, 0.29) is 6.04 Å². The maximum Gasteiger partial charge on any atom is 0.161 e. The molecule has 0 saturated heterocycles. The molecule has 1 aromatic heterocycles. The van der Waals surface area contributed by atoms with Gasteiger partial charge in [-0.05, 0) is 58.4 Å². The maximum absolute atomic E-state index is 5.75. The van der Waals surface area contributed by atoms with Gasteiger partial charge in [0.25, 0.3) is 0 Å². The summed E-state index contributed by atoms with van der Waals surface area (Å²) in [6.07, 6.45) is 0.943. The Balaban J connectivity index is 1.85. The molecule has 3 rings (SSSR count). The summed E-state index contributed by atoms with van der Waals surface area (Å²) in [6.45, 7) is 11.0. The molecule has 1 atom stereocenters. The Morgan fingerprint density at radius 3 is 2.69 bits per heavy atom. The molecule has 26 heavy (non-hydrogen) atoms. The number of rotatable bonds is 7. The molecule has 0 radical (unpaired) electrons. The highest BCUT2D eigenvalue weighted by Crippen LogP contribution is 2.32. The van der Waals surface area contributed by atoms with Crippen LogP contribution in [-0.4, -0.2) is 29.7 Å². The van der Waals surface area contributed by atoms with Crippen LogP contribution in [-0.2, 0) is 13.0 Å². The zero-order valence-corrected chi connectivity index (χ0v) is 16.1. The summed E-state index contributed by atoms with van der Waals surface area (Å²) in [4.78, 5) is 9.23. The molecule has 1 unspecified atom stereocenters. The Bertz CT molecular complexity index is 764. The van der Waals surface area contributed by atoms with Gasteiger partial charge in [-0.2, -0.15) is 0 Å². The number of ether oxygens (including phenoxy) is 2. The van der Waals surface area contributed by atoms with E-state index in [4.69, 9.17) is 9.47 Å². The van der Waals surface area contributed by atoms with E-state index in [1.165, 1.54) is 5.56 Å². The largest absolute Gasteiger partial charge is 0.490 e. The molecule has 0 aliphatic carbocycles. The van der Waals surface area contributed by atoms with Crippen LogP contribution in [0.4, 0.5) is 5.82 Å². The molecule has 1 aliphatic heterocycles. The van der Waals surface area contributed by atoms with Gasteiger partial charge in [-0.25, -0.2) is 9.97 Å². The van der Waals surface area contributed by atoms with E-state index in [1.807, 2.05) is 32.9 Å². The monoisotopic (exact) mass is 356 g/mol. The van der Waals surface area contributed by atoms with Crippen molar-refractivity contribution in [1.29, 1.82) is 0 Å². The third kappa shape index (κ3) is 4.07. The van der Waals surface area contributed by atoms with Crippen LogP contribution < -0.4 is 20.1 Å². The number of anilines is 1. The quantitative estimate of drug-likeness (QED) is 0.792. The number of benzene rings is 1. The maximum atomic E-state index is 5.75. The van der Waals surface area contributed by atoms with Crippen molar-refractivity contribution < 1.29 is 9.47 Å². The first-order valence-electron chi connectivity index (χ1n) is 9.35. The van der Waals surface area contributed by atoms with Crippen LogP contribution >= 0.6 is 0 Å². The summed E-state index contributed by atoms with van der Waals surface area (Å²) in [5, 5.41) is 6.94. The molecule has 0 amide bonds. The third-order valence-electron chi connectivity index (χ3n) is 4.47. The number of hydrogen-bond donors (Lipinski definition) is 2. The van der Waals surface area contributed by atoms with Gasteiger partial charge in [-0.1, -0.05) is 6.07 Å². The number of fused-ring (bicyclic) bond motifs is 1. The zero-order chi connectivity index (χ0) is 18.5. The van der Waals surface area contributed by atoms with Crippen LogP contribution in [0.5, 0.6) is 11.5 Å². The lowest BCUT2D eigenvalue weighted by Crippen LogP contribution is -2.27. The lowest BCUT2D eigenvalue weighted by atomic mass is 10.0. The fourth-order valence-corrected chi connectivity index (χ4v) is 3.23. The Kier molecular flexibility index (Phi) is 5.93. The molecular formula is C20H28N4O2. The molecule has 6 nitrogen and oxygen atoms in total. The number of nitrogens with one attached hydrogen (secondary N) is 2. The van der Waals surface area contributed by atoms with Crippen LogP contribution in [0, 0.1) is 6.92 Å². The molecule has 0 bridgehead atoms. The van der Waals surface area contributed by atoms with Crippen molar-refractivity contribution in [2.24, 2.45) is 0 Å². The standard InChI is InChI=1S/C20H28N4O2/c1-5-25-18-8-7-15(11-19(18)26-6-2)13(3)22-20-16-9-10-21-12-17(16)23-14(4)24-20/h7-8,11,13,21H,5-6,9-10,12H2,1-4H3,(H,22,23,24). The highest BCUT2D eigenvalue weighted by Gasteiger charge is 2.19. The Hall–Kier alpha value is -2.34. The van der Waals surface area contributed by atoms with Crippen molar-refractivity contribution in [1.82, 2.24) is 15.3 Å². The first-order valence-corrected chi connectivity index (χ1v) is 9.35. The summed E-state index contributed by atoms with van der Waals surface area (Å²) in [7, 11) is 0. The van der Waals surface area contributed by atoms with Crippen LogP contribution in [0.25, 0.3) is 0 Å². The normalized spacial score (nSPS) is 14.5. The van der Waals surface area contributed by atoms with Gasteiger partial charge in [0.1, 0.15) is 11.6 Å². The minimum Gasteiger partial charge on any atom is -0.490 e. The molecule has 0 saturated carbocycles. The van der Waals surface area contributed by atoms with Crippen molar-refractivity contribution >= 4 is 5.82 Å². The lowest BCUT2D eigenvalue weighted by Gasteiger charge is -2.23. The van der Waals surface area contributed by atoms with Gasteiger partial charge in [-0.3, -0.25) is 0 Å². The Morgan fingerprint density at radius 2 is 1.92 bits per heavy atom. The first kappa shape index (κ1) is 18.5. The molecule has 1 aliphatic rings. The van der Waals surface area contributed by atoms with E-state index < -0.39 is 0 Å². The van der Waals surface area contributed by atoms with Crippen LogP contribution in [0.1, 0.15) is 49.5 Å². The van der Waals surface area contributed by atoms with Crippen molar-refractivity contribution in [2.75, 3.05) is 25.1 Å². The predicted octanol–water partition coefficient (Wildman–Crippen LogP) is 3.40. The minimum absolute atomic E-state index is 0.0955. The summed E-state index contributed by atoms with van der Waals surface area (Å²) in [6, 6.07) is 6.20. The molecule has 0 fully saturated rings. The van der Waals surface area contributed by atoms with E-state index in [0.717, 1.165) is 53.9 Å². The van der Waals surface area contributed by atoms with E-state index in [1.54, 1.807) is 0 Å². The van der Waals surface area contributed by atoms with Gasteiger partial charge in [0.15, 0.2) is 11.5 Å². The predicted molar refractivity (Wildman–Crippen MR) is 103 cm³/mol. The van der Waals surface area contributed by atoms with Crippen LogP contribution in [0.15, 0.2) is 18.2 Å². The molecule has 1 aromatic carbocycles. The van der Waals surface area contributed by atoms with Gasteiger partial charge in [0.2, 0.25) is 0 Å². The van der Waals surface area contributed by atoms with E-state index in [2.05, 4.69) is 33.6 Å². The topological polar surface area (TPSA) is 68.3 Å². The lowest BCUT2D eigenvalue weighted by molar-refractivity contribution is 0.287. The van der Waals surface area contributed by atoms with Gasteiger partial charge in [0.05, 0.1) is 24.9 Å². The number of hydrogen-bond acceptors (Lipinski definition) is 6. The summed E-state index contributed by atoms with van der Waals surface area (Å²) < 4.78 is 11.4. The SMILES string of the molecule is CCOc1ccc(C(C)Nc2nc(C)nc3c2CCNC3)cc1OCC. The van der Waals surface area contributed by atoms with Crippen molar-refractivity contribution in [3.05, 3.63) is 40.8 Å². The molecule has 6 heteroatoms. The molecule has 0 spiro atoms. The second kappa shape index (κ2) is 8.36.